The summed E-state index contributed by atoms with van der Waals surface area (Å²) in [7, 11) is 0. The summed E-state index contributed by atoms with van der Waals surface area (Å²) in [6, 6.07) is 7.39. The lowest BCUT2D eigenvalue weighted by Crippen LogP contribution is -2.33. The predicted molar refractivity (Wildman–Crippen MR) is 99.3 cm³/mol. The van der Waals surface area contributed by atoms with Gasteiger partial charge in [0.05, 0.1) is 0 Å². The molecular formula is C21H27NS. The van der Waals surface area contributed by atoms with Crippen LogP contribution in [0.25, 0.3) is 10.1 Å². The Labute approximate surface area is 143 Å². The van der Waals surface area contributed by atoms with Gasteiger partial charge in [-0.1, -0.05) is 6.07 Å². The van der Waals surface area contributed by atoms with Crippen LogP contribution in [-0.2, 0) is 0 Å². The van der Waals surface area contributed by atoms with E-state index in [2.05, 4.69) is 35.4 Å². The number of benzene rings is 1. The maximum Gasteiger partial charge on any atom is 0.0345 e. The number of rotatable bonds is 3. The molecule has 3 fully saturated rings. The molecule has 0 radical (unpaired) electrons. The summed E-state index contributed by atoms with van der Waals surface area (Å²) in [6.45, 7) is 6.34. The summed E-state index contributed by atoms with van der Waals surface area (Å²) >= 11 is 1.90. The van der Waals surface area contributed by atoms with Crippen molar-refractivity contribution < 1.29 is 0 Å². The first-order valence-electron chi connectivity index (χ1n) is 9.50. The smallest absolute Gasteiger partial charge is 0.0345 e. The van der Waals surface area contributed by atoms with Crippen LogP contribution in [-0.4, -0.2) is 24.5 Å². The van der Waals surface area contributed by atoms with Crippen LogP contribution in [0.3, 0.4) is 0 Å². The van der Waals surface area contributed by atoms with E-state index in [-0.39, 0.29) is 0 Å². The second-order valence-corrected chi connectivity index (χ2v) is 9.12. The Morgan fingerprint density at radius 1 is 1.13 bits per heavy atom. The fourth-order valence-corrected chi connectivity index (χ4v) is 6.76. The normalized spacial score (nSPS) is 34.0. The van der Waals surface area contributed by atoms with E-state index < -0.39 is 0 Å². The quantitative estimate of drug-likeness (QED) is 0.727. The lowest BCUT2D eigenvalue weighted by Gasteiger charge is -2.34. The molecule has 1 saturated heterocycles. The Morgan fingerprint density at radius 2 is 1.96 bits per heavy atom. The molecule has 5 rings (SSSR count). The van der Waals surface area contributed by atoms with E-state index >= 15 is 0 Å². The fourth-order valence-electron chi connectivity index (χ4n) is 5.84. The summed E-state index contributed by atoms with van der Waals surface area (Å²) in [5.41, 5.74) is 3.11. The van der Waals surface area contributed by atoms with E-state index in [1.54, 1.807) is 5.56 Å². The van der Waals surface area contributed by atoms with Gasteiger partial charge in [0, 0.05) is 11.2 Å². The van der Waals surface area contributed by atoms with Crippen LogP contribution < -0.4 is 0 Å². The second-order valence-electron chi connectivity index (χ2n) is 8.20. The first kappa shape index (κ1) is 14.5. The van der Waals surface area contributed by atoms with Crippen LogP contribution in [0, 0.1) is 24.7 Å². The topological polar surface area (TPSA) is 3.24 Å². The number of fused-ring (bicyclic) bond motifs is 3. The minimum Gasteiger partial charge on any atom is -0.303 e. The van der Waals surface area contributed by atoms with Crippen molar-refractivity contribution in [3.8, 4) is 0 Å². The minimum absolute atomic E-state index is 0.832. The molecule has 1 aromatic heterocycles. The van der Waals surface area contributed by atoms with Crippen LogP contribution in [0.15, 0.2) is 23.6 Å². The number of hydrogen-bond donors (Lipinski definition) is 0. The third kappa shape index (κ3) is 2.37. The molecule has 0 amide bonds. The summed E-state index contributed by atoms with van der Waals surface area (Å²) < 4.78 is 1.46. The van der Waals surface area contributed by atoms with Crippen molar-refractivity contribution >= 4 is 21.4 Å². The molecule has 0 unspecified atom stereocenters. The van der Waals surface area contributed by atoms with Gasteiger partial charge in [-0.25, -0.2) is 0 Å². The van der Waals surface area contributed by atoms with E-state index in [1.807, 2.05) is 11.3 Å². The monoisotopic (exact) mass is 325 g/mol. The van der Waals surface area contributed by atoms with Crippen LogP contribution in [0.5, 0.6) is 0 Å². The molecule has 0 spiro atoms. The molecule has 2 aliphatic carbocycles. The molecule has 2 heteroatoms. The van der Waals surface area contributed by atoms with Crippen molar-refractivity contribution in [1.82, 2.24) is 4.90 Å². The van der Waals surface area contributed by atoms with Crippen LogP contribution in [0.2, 0.25) is 0 Å². The van der Waals surface area contributed by atoms with Gasteiger partial charge in [0.25, 0.3) is 0 Å². The Balaban J connectivity index is 1.48. The average Bonchev–Trinajstić information content (AvgIpc) is 3.33. The van der Waals surface area contributed by atoms with Gasteiger partial charge in [-0.3, -0.25) is 0 Å². The molecular weight excluding hydrogens is 298 g/mol. The highest BCUT2D eigenvalue weighted by Crippen LogP contribution is 2.57. The van der Waals surface area contributed by atoms with E-state index in [9.17, 15) is 0 Å². The van der Waals surface area contributed by atoms with Crippen LogP contribution in [0.1, 0.15) is 49.1 Å². The summed E-state index contributed by atoms with van der Waals surface area (Å²) in [5.74, 6) is 3.72. The molecule has 122 valence electrons. The predicted octanol–water partition coefficient (Wildman–Crippen LogP) is 5.44. The maximum atomic E-state index is 2.76. The maximum absolute atomic E-state index is 2.76. The number of thiophene rings is 1. The Kier molecular flexibility index (Phi) is 3.52. The number of aryl methyl sites for hydroxylation is 1. The van der Waals surface area contributed by atoms with Gasteiger partial charge >= 0.3 is 0 Å². The van der Waals surface area contributed by atoms with Crippen molar-refractivity contribution in [2.75, 3.05) is 19.6 Å². The molecule has 2 saturated carbocycles. The Hall–Kier alpha value is -0.860. The molecule has 2 aromatic rings. The molecule has 0 N–H and O–H groups in total. The van der Waals surface area contributed by atoms with E-state index in [0.29, 0.717) is 0 Å². The van der Waals surface area contributed by atoms with Gasteiger partial charge in [-0.05, 0) is 110 Å². The zero-order valence-corrected chi connectivity index (χ0v) is 14.9. The Bertz CT molecular complexity index is 712. The largest absolute Gasteiger partial charge is 0.303 e. The fraction of sp³-hybridized carbons (Fsp3) is 0.619. The minimum atomic E-state index is 0.832. The van der Waals surface area contributed by atoms with Crippen LogP contribution in [0.4, 0.5) is 0 Å². The van der Waals surface area contributed by atoms with Crippen LogP contribution >= 0.6 is 11.3 Å². The van der Waals surface area contributed by atoms with Gasteiger partial charge < -0.3 is 4.90 Å². The third-order valence-corrected chi connectivity index (χ3v) is 8.01. The lowest BCUT2D eigenvalue weighted by molar-refractivity contribution is 0.197. The highest BCUT2D eigenvalue weighted by molar-refractivity contribution is 7.17. The number of likely N-dealkylation sites (tertiary alicyclic amines) is 1. The van der Waals surface area contributed by atoms with Crippen molar-refractivity contribution in [2.24, 2.45) is 17.8 Å². The molecule has 1 nitrogen and oxygen atoms in total. The van der Waals surface area contributed by atoms with E-state index in [0.717, 1.165) is 23.7 Å². The van der Waals surface area contributed by atoms with Gasteiger partial charge in [0.15, 0.2) is 0 Å². The van der Waals surface area contributed by atoms with Gasteiger partial charge in [0.2, 0.25) is 0 Å². The lowest BCUT2D eigenvalue weighted by atomic mass is 9.75. The zero-order chi connectivity index (χ0) is 15.4. The van der Waals surface area contributed by atoms with E-state index in [4.69, 9.17) is 0 Å². The zero-order valence-electron chi connectivity index (χ0n) is 14.1. The SMILES string of the molecule is Cc1csc2ccc([C@H]3[C@H]4CC[C@H](C4)[C@H]3CN3CCCC3)cc12. The molecule has 1 aromatic carbocycles. The first-order chi connectivity index (χ1) is 11.3. The second kappa shape index (κ2) is 5.60. The van der Waals surface area contributed by atoms with Gasteiger partial charge in [-0.2, -0.15) is 0 Å². The van der Waals surface area contributed by atoms with E-state index in [1.165, 1.54) is 67.4 Å². The highest BCUT2D eigenvalue weighted by Gasteiger charge is 2.48. The first-order valence-corrected chi connectivity index (χ1v) is 10.4. The van der Waals surface area contributed by atoms with Crippen molar-refractivity contribution in [3.05, 3.63) is 34.7 Å². The van der Waals surface area contributed by atoms with Gasteiger partial charge in [-0.15, -0.1) is 11.3 Å². The van der Waals surface area contributed by atoms with Crippen molar-refractivity contribution in [3.63, 3.8) is 0 Å². The molecule has 4 atom stereocenters. The summed E-state index contributed by atoms with van der Waals surface area (Å²) in [4.78, 5) is 2.76. The highest BCUT2D eigenvalue weighted by atomic mass is 32.1. The summed E-state index contributed by atoms with van der Waals surface area (Å²) in [5, 5.41) is 3.83. The molecule has 1 aliphatic heterocycles. The third-order valence-electron chi connectivity index (χ3n) is 6.93. The Morgan fingerprint density at radius 3 is 2.83 bits per heavy atom. The molecule has 3 aliphatic rings. The number of nitrogens with zero attached hydrogens (tertiary/aromatic N) is 1. The molecule has 2 bridgehead atoms. The van der Waals surface area contributed by atoms with Crippen molar-refractivity contribution in [1.29, 1.82) is 0 Å². The standard InChI is InChI=1S/C21H27NS/c1-14-13-23-20-7-6-17(11-18(14)20)21-16-5-4-15(10-16)19(21)12-22-8-2-3-9-22/h6-7,11,13,15-16,19,21H,2-5,8-10,12H2,1H3/t15-,16+,19-,21-/m1/s1. The number of hydrogen-bond acceptors (Lipinski definition) is 2. The molecule has 23 heavy (non-hydrogen) atoms. The van der Waals surface area contributed by atoms with Crippen molar-refractivity contribution in [2.45, 2.75) is 44.9 Å². The molecule has 2 heterocycles. The average molecular weight is 326 g/mol. The van der Waals surface area contributed by atoms with Gasteiger partial charge in [0.1, 0.15) is 0 Å². The summed E-state index contributed by atoms with van der Waals surface area (Å²) in [6.07, 6.45) is 7.33.